The van der Waals surface area contributed by atoms with E-state index in [0.717, 1.165) is 0 Å². The van der Waals surface area contributed by atoms with Crippen molar-refractivity contribution < 1.29 is 19.5 Å². The summed E-state index contributed by atoms with van der Waals surface area (Å²) in [4.78, 5) is 41.1. The Bertz CT molecular complexity index is 934. The molecule has 2 amide bonds. The second kappa shape index (κ2) is 5.70. The molecule has 1 aromatic heterocycles. The van der Waals surface area contributed by atoms with Crippen molar-refractivity contribution in [1.82, 2.24) is 9.88 Å². The molecule has 0 fully saturated rings. The molecule has 0 spiro atoms. The van der Waals surface area contributed by atoms with Crippen molar-refractivity contribution in [3.05, 3.63) is 34.5 Å². The van der Waals surface area contributed by atoms with Crippen molar-refractivity contribution in [1.29, 1.82) is 0 Å². The Morgan fingerprint density at radius 3 is 2.52 bits per heavy atom. The molecule has 0 saturated carbocycles. The number of benzene rings is 1. The highest BCUT2D eigenvalue weighted by Crippen LogP contribution is 2.35. The van der Waals surface area contributed by atoms with Crippen LogP contribution in [0.1, 0.15) is 41.6 Å². The predicted octanol–water partition coefficient (Wildman–Crippen LogP) is 2.78. The van der Waals surface area contributed by atoms with Gasteiger partial charge in [0.25, 0.3) is 11.8 Å². The Kier molecular flexibility index (Phi) is 3.91. The van der Waals surface area contributed by atoms with Crippen LogP contribution in [0.3, 0.4) is 0 Å². The third-order valence-electron chi connectivity index (χ3n) is 3.66. The number of aliphatic carboxylic acids is 1. The normalized spacial score (nSPS) is 14.2. The number of hydrogen-bond acceptors (Lipinski definition) is 5. The molecule has 7 nitrogen and oxygen atoms in total. The highest BCUT2D eigenvalue weighted by atomic mass is 35.5. The molecule has 8 heteroatoms. The van der Waals surface area contributed by atoms with Gasteiger partial charge in [-0.2, -0.15) is 0 Å². The van der Waals surface area contributed by atoms with Crippen LogP contribution >= 0.6 is 11.6 Å². The van der Waals surface area contributed by atoms with Gasteiger partial charge in [-0.1, -0.05) is 11.6 Å². The fourth-order valence-electron chi connectivity index (χ4n) is 2.74. The summed E-state index contributed by atoms with van der Waals surface area (Å²) in [6, 6.07) is 4.97. The molecule has 0 aliphatic carbocycles. The first-order chi connectivity index (χ1) is 11.6. The molecule has 1 aliphatic rings. The molecule has 2 heterocycles. The number of fused-ring (bicyclic) bond motifs is 3. The van der Waals surface area contributed by atoms with Crippen molar-refractivity contribution in [2.75, 3.05) is 11.9 Å². The Labute approximate surface area is 148 Å². The SMILES string of the molecule is CC(C)(C)Nc1nc2c(c3cc(Cl)ccc13)C(=O)N(CC(=O)O)C2=O. The maximum Gasteiger partial charge on any atom is 0.323 e. The van der Waals surface area contributed by atoms with Crippen LogP contribution in [0.2, 0.25) is 5.02 Å². The van der Waals surface area contributed by atoms with E-state index in [2.05, 4.69) is 10.3 Å². The topological polar surface area (TPSA) is 99.6 Å². The minimum absolute atomic E-state index is 0.0623. The number of anilines is 1. The number of rotatable bonds is 3. The summed E-state index contributed by atoms with van der Waals surface area (Å²) >= 11 is 6.07. The van der Waals surface area contributed by atoms with E-state index >= 15 is 0 Å². The zero-order chi connectivity index (χ0) is 18.5. The lowest BCUT2D eigenvalue weighted by Crippen LogP contribution is -2.34. The van der Waals surface area contributed by atoms with Gasteiger partial charge in [-0.05, 0) is 39.0 Å². The van der Waals surface area contributed by atoms with Gasteiger partial charge >= 0.3 is 5.97 Å². The molecular weight excluding hydrogens is 346 g/mol. The van der Waals surface area contributed by atoms with Gasteiger partial charge in [0.05, 0.1) is 5.56 Å². The van der Waals surface area contributed by atoms with Crippen LogP contribution in [0.5, 0.6) is 0 Å². The van der Waals surface area contributed by atoms with Crippen molar-refractivity contribution >= 4 is 46.0 Å². The van der Waals surface area contributed by atoms with Gasteiger partial charge in [0.1, 0.15) is 18.1 Å². The van der Waals surface area contributed by atoms with E-state index in [0.29, 0.717) is 26.5 Å². The third-order valence-corrected chi connectivity index (χ3v) is 3.90. The number of nitrogens with zero attached hydrogens (tertiary/aromatic N) is 2. The maximum atomic E-state index is 12.6. The predicted molar refractivity (Wildman–Crippen MR) is 93.1 cm³/mol. The van der Waals surface area contributed by atoms with Gasteiger partial charge in [0.15, 0.2) is 0 Å². The molecular formula is C17H16ClN3O4. The molecule has 0 unspecified atom stereocenters. The van der Waals surface area contributed by atoms with Crippen LogP contribution in [0.4, 0.5) is 5.82 Å². The Hall–Kier alpha value is -2.67. The molecule has 2 N–H and O–H groups in total. The molecule has 0 atom stereocenters. The number of carboxylic acids is 1. The maximum absolute atomic E-state index is 12.6. The Morgan fingerprint density at radius 2 is 1.92 bits per heavy atom. The number of carbonyl (C=O) groups excluding carboxylic acids is 2. The van der Waals surface area contributed by atoms with E-state index < -0.39 is 24.3 Å². The highest BCUT2D eigenvalue weighted by molar-refractivity contribution is 6.33. The zero-order valence-electron chi connectivity index (χ0n) is 13.9. The van der Waals surface area contributed by atoms with Crippen LogP contribution in [-0.2, 0) is 4.79 Å². The molecule has 0 radical (unpaired) electrons. The van der Waals surface area contributed by atoms with Crippen LogP contribution in [0.15, 0.2) is 18.2 Å². The van der Waals surface area contributed by atoms with Crippen LogP contribution < -0.4 is 5.32 Å². The smallest absolute Gasteiger partial charge is 0.323 e. The van der Waals surface area contributed by atoms with Gasteiger partial charge in [0, 0.05) is 21.3 Å². The molecule has 25 heavy (non-hydrogen) atoms. The van der Waals surface area contributed by atoms with Gasteiger partial charge in [-0.15, -0.1) is 0 Å². The molecule has 0 saturated heterocycles. The highest BCUT2D eigenvalue weighted by Gasteiger charge is 2.40. The lowest BCUT2D eigenvalue weighted by molar-refractivity contribution is -0.137. The average molecular weight is 362 g/mol. The van der Waals surface area contributed by atoms with Crippen LogP contribution in [0.25, 0.3) is 10.8 Å². The second-order valence-corrected chi connectivity index (χ2v) is 7.28. The van der Waals surface area contributed by atoms with Crippen molar-refractivity contribution in [2.45, 2.75) is 26.3 Å². The number of aromatic nitrogens is 1. The Balaban J connectivity index is 2.27. The van der Waals surface area contributed by atoms with Crippen molar-refractivity contribution in [3.8, 4) is 0 Å². The summed E-state index contributed by atoms with van der Waals surface area (Å²) in [5, 5.41) is 13.7. The summed E-state index contributed by atoms with van der Waals surface area (Å²) < 4.78 is 0. The molecule has 0 bridgehead atoms. The molecule has 3 rings (SSSR count). The Morgan fingerprint density at radius 1 is 1.24 bits per heavy atom. The van der Waals surface area contributed by atoms with Crippen LogP contribution in [-0.4, -0.2) is 44.9 Å². The number of halogens is 1. The fraction of sp³-hybridized carbons (Fsp3) is 0.294. The first-order valence-electron chi connectivity index (χ1n) is 7.58. The number of imide groups is 1. The van der Waals surface area contributed by atoms with Gasteiger partial charge in [-0.3, -0.25) is 19.3 Å². The zero-order valence-corrected chi connectivity index (χ0v) is 14.6. The summed E-state index contributed by atoms with van der Waals surface area (Å²) in [5.74, 6) is -2.23. The third kappa shape index (κ3) is 3.02. The molecule has 1 aliphatic heterocycles. The van der Waals surface area contributed by atoms with E-state index in [1.54, 1.807) is 18.2 Å². The minimum Gasteiger partial charge on any atom is -0.480 e. The van der Waals surface area contributed by atoms with E-state index in [4.69, 9.17) is 16.7 Å². The summed E-state index contributed by atoms with van der Waals surface area (Å²) in [5.41, 5.74) is -0.309. The average Bonchev–Trinajstić information content (AvgIpc) is 2.70. The number of carboxylic acid groups (broad SMARTS) is 1. The van der Waals surface area contributed by atoms with E-state index in [9.17, 15) is 14.4 Å². The number of nitrogens with one attached hydrogen (secondary N) is 1. The number of carbonyl (C=O) groups is 3. The van der Waals surface area contributed by atoms with E-state index in [-0.39, 0.29) is 16.8 Å². The van der Waals surface area contributed by atoms with Gasteiger partial charge < -0.3 is 10.4 Å². The number of pyridine rings is 1. The van der Waals surface area contributed by atoms with Gasteiger partial charge in [-0.25, -0.2) is 4.98 Å². The number of hydrogen-bond donors (Lipinski definition) is 2. The monoisotopic (exact) mass is 361 g/mol. The van der Waals surface area contributed by atoms with Gasteiger partial charge in [0.2, 0.25) is 0 Å². The molecule has 2 aromatic rings. The quantitative estimate of drug-likeness (QED) is 0.815. The summed E-state index contributed by atoms with van der Waals surface area (Å²) in [6.45, 7) is 5.10. The first-order valence-corrected chi connectivity index (χ1v) is 7.96. The lowest BCUT2D eigenvalue weighted by atomic mass is 10.0. The lowest BCUT2D eigenvalue weighted by Gasteiger charge is -2.23. The fourth-order valence-corrected chi connectivity index (χ4v) is 2.91. The molecule has 1 aromatic carbocycles. The van der Waals surface area contributed by atoms with E-state index in [1.165, 1.54) is 0 Å². The second-order valence-electron chi connectivity index (χ2n) is 6.84. The van der Waals surface area contributed by atoms with Crippen molar-refractivity contribution in [2.24, 2.45) is 0 Å². The van der Waals surface area contributed by atoms with E-state index in [1.807, 2.05) is 20.8 Å². The summed E-state index contributed by atoms with van der Waals surface area (Å²) in [6.07, 6.45) is 0. The molecule has 130 valence electrons. The summed E-state index contributed by atoms with van der Waals surface area (Å²) in [7, 11) is 0. The largest absolute Gasteiger partial charge is 0.480 e. The standard InChI is InChI=1S/C17H16ClN3O4/c1-17(2,3)20-14-9-5-4-8(18)6-10(9)12-13(19-14)16(25)21(15(12)24)7-11(22)23/h4-6H,7H2,1-3H3,(H,19,20)(H,22,23). The van der Waals surface area contributed by atoms with Crippen molar-refractivity contribution in [3.63, 3.8) is 0 Å². The first kappa shape index (κ1) is 17.2. The minimum atomic E-state index is -1.27. The number of amides is 2. The van der Waals surface area contributed by atoms with Crippen LogP contribution in [0, 0.1) is 0 Å².